The first-order chi connectivity index (χ1) is 12.1. The number of rotatable bonds is 6. The molecule has 25 heavy (non-hydrogen) atoms. The number of Topliss-reactive ketones (excluding diaryl/α,β-unsaturated/α-hetero) is 1. The van der Waals surface area contributed by atoms with E-state index in [4.69, 9.17) is 16.3 Å². The molecule has 126 valence electrons. The Morgan fingerprint density at radius 1 is 1.12 bits per heavy atom. The van der Waals surface area contributed by atoms with Gasteiger partial charge in [-0.3, -0.25) is 9.78 Å². The van der Waals surface area contributed by atoms with Crippen molar-refractivity contribution < 1.29 is 9.53 Å². The molecule has 0 N–H and O–H groups in total. The van der Waals surface area contributed by atoms with Crippen LogP contribution in [0, 0.1) is 0 Å². The maximum atomic E-state index is 12.7. The Labute approximate surface area is 159 Å². The monoisotopic (exact) mass is 415 g/mol. The lowest BCUT2D eigenvalue weighted by molar-refractivity contribution is 0.0988. The topological polar surface area (TPSA) is 39.2 Å². The Bertz CT molecular complexity index is 884. The molecule has 0 unspecified atom stereocenters. The average molecular weight is 417 g/mol. The van der Waals surface area contributed by atoms with Crippen molar-refractivity contribution >= 4 is 33.3 Å². The molecule has 5 heteroatoms. The molecule has 0 fully saturated rings. The van der Waals surface area contributed by atoms with Gasteiger partial charge in [0.05, 0.1) is 5.56 Å². The number of hydrogen-bond acceptors (Lipinski definition) is 3. The molecule has 0 radical (unpaired) electrons. The van der Waals surface area contributed by atoms with Crippen LogP contribution in [0.25, 0.3) is 0 Å². The van der Waals surface area contributed by atoms with Gasteiger partial charge in [-0.25, -0.2) is 0 Å². The SMILES string of the molecule is O=C(Cc1cccnc1)c1cc(Br)ccc1OCc1ccccc1Cl. The van der Waals surface area contributed by atoms with E-state index >= 15 is 0 Å². The first-order valence-electron chi connectivity index (χ1n) is 7.71. The fourth-order valence-electron chi connectivity index (χ4n) is 2.40. The summed E-state index contributed by atoms with van der Waals surface area (Å²) < 4.78 is 6.70. The minimum atomic E-state index is -0.0246. The lowest BCUT2D eigenvalue weighted by Gasteiger charge is -2.12. The molecule has 0 amide bonds. The second-order valence-electron chi connectivity index (χ2n) is 5.48. The van der Waals surface area contributed by atoms with Crippen molar-refractivity contribution in [3.8, 4) is 5.75 Å². The maximum Gasteiger partial charge on any atom is 0.171 e. The van der Waals surface area contributed by atoms with Crippen molar-refractivity contribution in [3.05, 3.63) is 93.2 Å². The van der Waals surface area contributed by atoms with Gasteiger partial charge in [0.2, 0.25) is 0 Å². The molecule has 0 saturated carbocycles. The van der Waals surface area contributed by atoms with Gasteiger partial charge in [0.25, 0.3) is 0 Å². The van der Waals surface area contributed by atoms with Crippen molar-refractivity contribution in [2.24, 2.45) is 0 Å². The molecule has 0 spiro atoms. The summed E-state index contributed by atoms with van der Waals surface area (Å²) >= 11 is 9.58. The lowest BCUT2D eigenvalue weighted by atomic mass is 10.0. The average Bonchev–Trinajstić information content (AvgIpc) is 2.62. The van der Waals surface area contributed by atoms with Gasteiger partial charge in [0, 0.05) is 33.9 Å². The molecule has 0 aliphatic heterocycles. The van der Waals surface area contributed by atoms with Crippen molar-refractivity contribution in [2.45, 2.75) is 13.0 Å². The first kappa shape index (κ1) is 17.6. The predicted octanol–water partition coefficient (Wildman–Crippen LogP) is 5.50. The number of hydrogen-bond donors (Lipinski definition) is 0. The molecule has 0 atom stereocenters. The third-order valence-corrected chi connectivity index (χ3v) is 4.53. The second-order valence-corrected chi connectivity index (χ2v) is 6.80. The van der Waals surface area contributed by atoms with Crippen LogP contribution in [0.3, 0.4) is 0 Å². The summed E-state index contributed by atoms with van der Waals surface area (Å²) in [6.45, 7) is 0.300. The fraction of sp³-hybridized carbons (Fsp3) is 0.100. The van der Waals surface area contributed by atoms with E-state index in [1.807, 2.05) is 42.5 Å². The lowest BCUT2D eigenvalue weighted by Crippen LogP contribution is -2.07. The summed E-state index contributed by atoms with van der Waals surface area (Å²) in [6.07, 6.45) is 3.65. The number of benzene rings is 2. The minimum absolute atomic E-state index is 0.0246. The number of halogens is 2. The molecule has 3 rings (SSSR count). The van der Waals surface area contributed by atoms with Crippen LogP contribution < -0.4 is 4.74 Å². The van der Waals surface area contributed by atoms with E-state index in [0.29, 0.717) is 22.9 Å². The Balaban J connectivity index is 1.80. The third kappa shape index (κ3) is 4.68. The number of ketones is 1. The Kier molecular flexibility index (Phi) is 5.84. The molecule has 3 nitrogen and oxygen atoms in total. The van der Waals surface area contributed by atoms with Crippen molar-refractivity contribution in [1.82, 2.24) is 4.98 Å². The van der Waals surface area contributed by atoms with Gasteiger partial charge in [0.15, 0.2) is 5.78 Å². The van der Waals surface area contributed by atoms with Crippen molar-refractivity contribution in [3.63, 3.8) is 0 Å². The van der Waals surface area contributed by atoms with E-state index in [2.05, 4.69) is 20.9 Å². The van der Waals surface area contributed by atoms with Gasteiger partial charge in [-0.05, 0) is 35.9 Å². The number of ether oxygens (including phenoxy) is 1. The molecular weight excluding hydrogens is 402 g/mol. The summed E-state index contributed by atoms with van der Waals surface area (Å²) in [5, 5.41) is 0.642. The molecule has 0 aliphatic rings. The minimum Gasteiger partial charge on any atom is -0.488 e. The number of nitrogens with zero attached hydrogens (tertiary/aromatic N) is 1. The zero-order valence-electron chi connectivity index (χ0n) is 13.3. The number of carbonyl (C=O) groups excluding carboxylic acids is 1. The molecule has 2 aromatic carbocycles. The van der Waals surface area contributed by atoms with Gasteiger partial charge < -0.3 is 4.74 Å². The van der Waals surface area contributed by atoms with E-state index in [1.165, 1.54) is 0 Å². The van der Waals surface area contributed by atoms with Crippen LogP contribution in [-0.2, 0) is 13.0 Å². The fourth-order valence-corrected chi connectivity index (χ4v) is 2.95. The summed E-state index contributed by atoms with van der Waals surface area (Å²) in [7, 11) is 0. The largest absolute Gasteiger partial charge is 0.488 e. The maximum absolute atomic E-state index is 12.7. The van der Waals surface area contributed by atoms with Gasteiger partial charge in [-0.1, -0.05) is 51.8 Å². The molecule has 0 bridgehead atoms. The van der Waals surface area contributed by atoms with E-state index in [-0.39, 0.29) is 12.2 Å². The Hall–Kier alpha value is -2.17. The molecule has 0 saturated heterocycles. The Morgan fingerprint density at radius 3 is 2.72 bits per heavy atom. The summed E-state index contributed by atoms with van der Waals surface area (Å²) in [4.78, 5) is 16.8. The highest BCUT2D eigenvalue weighted by atomic mass is 79.9. The molecule has 1 heterocycles. The Morgan fingerprint density at radius 2 is 1.96 bits per heavy atom. The first-order valence-corrected chi connectivity index (χ1v) is 8.88. The molecule has 1 aromatic heterocycles. The van der Waals surface area contributed by atoms with Crippen LogP contribution in [0.1, 0.15) is 21.5 Å². The summed E-state index contributed by atoms with van der Waals surface area (Å²) in [6, 6.07) is 16.6. The summed E-state index contributed by atoms with van der Waals surface area (Å²) in [5.41, 5.74) is 2.27. The van der Waals surface area contributed by atoms with Crippen LogP contribution in [0.4, 0.5) is 0 Å². The van der Waals surface area contributed by atoms with Crippen LogP contribution in [0.15, 0.2) is 71.5 Å². The third-order valence-electron chi connectivity index (χ3n) is 3.67. The standard InChI is InChI=1S/C20H15BrClNO2/c21-16-7-8-20(25-13-15-5-1-2-6-18(15)22)17(11-16)19(24)10-14-4-3-9-23-12-14/h1-9,11-12H,10,13H2. The highest BCUT2D eigenvalue weighted by molar-refractivity contribution is 9.10. The van der Waals surface area contributed by atoms with Gasteiger partial charge in [0.1, 0.15) is 12.4 Å². The molecule has 0 aliphatic carbocycles. The quantitative estimate of drug-likeness (QED) is 0.498. The number of aromatic nitrogens is 1. The van der Waals surface area contributed by atoms with E-state index in [1.54, 1.807) is 24.5 Å². The van der Waals surface area contributed by atoms with E-state index in [0.717, 1.165) is 15.6 Å². The normalized spacial score (nSPS) is 10.5. The van der Waals surface area contributed by atoms with E-state index in [9.17, 15) is 4.79 Å². The van der Waals surface area contributed by atoms with Crippen LogP contribution in [0.5, 0.6) is 5.75 Å². The van der Waals surface area contributed by atoms with Crippen LogP contribution in [0.2, 0.25) is 5.02 Å². The van der Waals surface area contributed by atoms with Crippen LogP contribution >= 0.6 is 27.5 Å². The van der Waals surface area contributed by atoms with E-state index < -0.39 is 0 Å². The van der Waals surface area contributed by atoms with Crippen LogP contribution in [-0.4, -0.2) is 10.8 Å². The van der Waals surface area contributed by atoms with Gasteiger partial charge in [-0.2, -0.15) is 0 Å². The number of pyridine rings is 1. The summed E-state index contributed by atoms with van der Waals surface area (Å²) in [5.74, 6) is 0.514. The number of carbonyl (C=O) groups is 1. The second kappa shape index (κ2) is 8.28. The highest BCUT2D eigenvalue weighted by Crippen LogP contribution is 2.26. The smallest absolute Gasteiger partial charge is 0.171 e. The zero-order valence-corrected chi connectivity index (χ0v) is 15.6. The molecule has 3 aromatic rings. The van der Waals surface area contributed by atoms with Gasteiger partial charge in [-0.15, -0.1) is 0 Å². The zero-order chi connectivity index (χ0) is 17.6. The van der Waals surface area contributed by atoms with Crippen molar-refractivity contribution in [1.29, 1.82) is 0 Å². The predicted molar refractivity (Wildman–Crippen MR) is 102 cm³/mol. The van der Waals surface area contributed by atoms with Gasteiger partial charge >= 0.3 is 0 Å². The highest BCUT2D eigenvalue weighted by Gasteiger charge is 2.15. The molecular formula is C20H15BrClNO2. The van der Waals surface area contributed by atoms with Crippen molar-refractivity contribution in [2.75, 3.05) is 0 Å².